The van der Waals surface area contributed by atoms with Gasteiger partial charge in [-0.05, 0) is 24.8 Å². The van der Waals surface area contributed by atoms with Crippen LogP contribution in [0.2, 0.25) is 0 Å². The summed E-state index contributed by atoms with van der Waals surface area (Å²) in [7, 11) is 0. The minimum absolute atomic E-state index is 0.0340. The van der Waals surface area contributed by atoms with E-state index in [4.69, 9.17) is 5.26 Å². The lowest BCUT2D eigenvalue weighted by molar-refractivity contribution is -0.118. The molecule has 13 heavy (non-hydrogen) atoms. The first-order chi connectivity index (χ1) is 6.18. The van der Waals surface area contributed by atoms with Gasteiger partial charge in [0.05, 0.1) is 12.0 Å². The molecular weight excluding hydrogens is 162 g/mol. The van der Waals surface area contributed by atoms with Gasteiger partial charge in [0, 0.05) is 11.8 Å². The maximum Gasteiger partial charge on any atom is 0.159 e. The van der Waals surface area contributed by atoms with Gasteiger partial charge in [-0.1, -0.05) is 13.0 Å². The molecule has 2 aliphatic rings. The zero-order valence-corrected chi connectivity index (χ0v) is 7.84. The first-order valence-corrected chi connectivity index (χ1v) is 4.82. The molecule has 0 N–H and O–H groups in total. The SMILES string of the molecule is C[C@]12CCCC(=O)C1=CCC2C#N. The number of nitriles is 1. The Morgan fingerprint density at radius 3 is 3.15 bits per heavy atom. The second-order valence-corrected chi connectivity index (χ2v) is 4.23. The zero-order chi connectivity index (χ0) is 9.47. The number of carbonyl (C=O) groups is 1. The van der Waals surface area contributed by atoms with Crippen LogP contribution >= 0.6 is 0 Å². The van der Waals surface area contributed by atoms with Crippen LogP contribution in [0.15, 0.2) is 11.6 Å². The maximum absolute atomic E-state index is 11.6. The number of fused-ring (bicyclic) bond motifs is 1. The van der Waals surface area contributed by atoms with Crippen molar-refractivity contribution in [2.45, 2.75) is 32.6 Å². The molecule has 0 aromatic rings. The van der Waals surface area contributed by atoms with Gasteiger partial charge in [-0.2, -0.15) is 5.26 Å². The Morgan fingerprint density at radius 1 is 1.69 bits per heavy atom. The number of rotatable bonds is 0. The van der Waals surface area contributed by atoms with Gasteiger partial charge in [-0.3, -0.25) is 4.79 Å². The van der Waals surface area contributed by atoms with E-state index in [-0.39, 0.29) is 17.1 Å². The molecule has 0 saturated heterocycles. The molecule has 0 aromatic heterocycles. The number of hydrogen-bond donors (Lipinski definition) is 0. The highest BCUT2D eigenvalue weighted by Gasteiger charge is 2.45. The largest absolute Gasteiger partial charge is 0.295 e. The summed E-state index contributed by atoms with van der Waals surface area (Å²) < 4.78 is 0. The van der Waals surface area contributed by atoms with Crippen LogP contribution in [0, 0.1) is 22.7 Å². The molecule has 0 aromatic carbocycles. The Bertz CT molecular complexity index is 323. The lowest BCUT2D eigenvalue weighted by Crippen LogP contribution is -2.31. The number of allylic oxidation sites excluding steroid dienone is 2. The molecule has 2 heteroatoms. The molecule has 1 unspecified atom stereocenters. The topological polar surface area (TPSA) is 40.9 Å². The highest BCUT2D eigenvalue weighted by atomic mass is 16.1. The lowest BCUT2D eigenvalue weighted by atomic mass is 9.67. The Kier molecular flexibility index (Phi) is 1.76. The molecule has 0 amide bonds. The predicted molar refractivity (Wildman–Crippen MR) is 48.8 cm³/mol. The second kappa shape index (κ2) is 2.70. The van der Waals surface area contributed by atoms with Crippen LogP contribution in [0.4, 0.5) is 0 Å². The molecule has 0 bridgehead atoms. The van der Waals surface area contributed by atoms with Crippen molar-refractivity contribution >= 4 is 5.78 Å². The quantitative estimate of drug-likeness (QED) is 0.566. The first kappa shape index (κ1) is 8.50. The van der Waals surface area contributed by atoms with E-state index in [9.17, 15) is 4.79 Å². The summed E-state index contributed by atoms with van der Waals surface area (Å²) in [5.74, 6) is 0.304. The van der Waals surface area contributed by atoms with Gasteiger partial charge in [-0.25, -0.2) is 0 Å². The van der Waals surface area contributed by atoms with Crippen LogP contribution in [0.1, 0.15) is 32.6 Å². The monoisotopic (exact) mass is 175 g/mol. The third-order valence-corrected chi connectivity index (χ3v) is 3.50. The van der Waals surface area contributed by atoms with Crippen molar-refractivity contribution in [3.63, 3.8) is 0 Å². The number of Topliss-reactive ketones (excluding diaryl/α,β-unsaturated/α-hetero) is 1. The Labute approximate surface area is 78.2 Å². The Balaban J connectivity index is 2.37. The van der Waals surface area contributed by atoms with Gasteiger partial charge in [0.25, 0.3) is 0 Å². The molecule has 1 fully saturated rings. The van der Waals surface area contributed by atoms with Crippen molar-refractivity contribution in [1.82, 2.24) is 0 Å². The van der Waals surface area contributed by atoms with Gasteiger partial charge in [0.15, 0.2) is 5.78 Å². The van der Waals surface area contributed by atoms with Crippen molar-refractivity contribution in [3.05, 3.63) is 11.6 Å². The zero-order valence-electron chi connectivity index (χ0n) is 7.84. The molecule has 1 saturated carbocycles. The highest BCUT2D eigenvalue weighted by molar-refractivity contribution is 5.98. The summed E-state index contributed by atoms with van der Waals surface area (Å²) in [6, 6.07) is 2.32. The second-order valence-electron chi connectivity index (χ2n) is 4.23. The molecule has 2 nitrogen and oxygen atoms in total. The Morgan fingerprint density at radius 2 is 2.46 bits per heavy atom. The fourth-order valence-corrected chi connectivity index (χ4v) is 2.60. The van der Waals surface area contributed by atoms with E-state index < -0.39 is 0 Å². The van der Waals surface area contributed by atoms with E-state index >= 15 is 0 Å². The third-order valence-electron chi connectivity index (χ3n) is 3.50. The van der Waals surface area contributed by atoms with Crippen LogP contribution in [-0.2, 0) is 4.79 Å². The standard InChI is InChI=1S/C11H13NO/c1-11-6-2-3-10(13)9(11)5-4-8(11)7-12/h5,8H,2-4,6H2,1H3/t8?,11-/m1/s1. The van der Waals surface area contributed by atoms with Crippen molar-refractivity contribution in [2.24, 2.45) is 11.3 Å². The number of carbonyl (C=O) groups excluding carboxylic acids is 1. The summed E-state index contributed by atoms with van der Waals surface area (Å²) in [4.78, 5) is 11.6. The number of hydrogen-bond acceptors (Lipinski definition) is 2. The molecule has 68 valence electrons. The van der Waals surface area contributed by atoms with E-state index in [1.807, 2.05) is 6.08 Å². The lowest BCUT2D eigenvalue weighted by Gasteiger charge is -2.34. The average Bonchev–Trinajstić information content (AvgIpc) is 2.43. The van der Waals surface area contributed by atoms with Gasteiger partial charge >= 0.3 is 0 Å². The van der Waals surface area contributed by atoms with Crippen LogP contribution < -0.4 is 0 Å². The predicted octanol–water partition coefficient (Wildman–Crippen LogP) is 2.22. The molecule has 0 aliphatic heterocycles. The van der Waals surface area contributed by atoms with Crippen LogP contribution in [-0.4, -0.2) is 5.78 Å². The van der Waals surface area contributed by atoms with Gasteiger partial charge in [-0.15, -0.1) is 0 Å². The van der Waals surface area contributed by atoms with Crippen molar-refractivity contribution in [3.8, 4) is 6.07 Å². The molecule has 0 heterocycles. The van der Waals surface area contributed by atoms with Crippen molar-refractivity contribution < 1.29 is 4.79 Å². The van der Waals surface area contributed by atoms with E-state index in [1.165, 1.54) is 0 Å². The minimum Gasteiger partial charge on any atom is -0.295 e. The van der Waals surface area contributed by atoms with Gasteiger partial charge in [0.1, 0.15) is 0 Å². The summed E-state index contributed by atoms with van der Waals surface area (Å²) in [5, 5.41) is 8.96. The minimum atomic E-state index is -0.121. The van der Waals surface area contributed by atoms with E-state index in [0.29, 0.717) is 6.42 Å². The van der Waals surface area contributed by atoms with E-state index in [0.717, 1.165) is 24.8 Å². The summed E-state index contributed by atoms with van der Waals surface area (Å²) in [6.45, 7) is 2.07. The van der Waals surface area contributed by atoms with E-state index in [1.54, 1.807) is 0 Å². The summed E-state index contributed by atoms with van der Waals surface area (Å²) in [5.41, 5.74) is 0.815. The van der Waals surface area contributed by atoms with Crippen LogP contribution in [0.5, 0.6) is 0 Å². The molecule has 0 spiro atoms. The summed E-state index contributed by atoms with van der Waals surface area (Å²) >= 11 is 0. The Hall–Kier alpha value is -1.10. The van der Waals surface area contributed by atoms with Gasteiger partial charge < -0.3 is 0 Å². The number of ketones is 1. The first-order valence-electron chi connectivity index (χ1n) is 4.82. The van der Waals surface area contributed by atoms with Gasteiger partial charge in [0.2, 0.25) is 0 Å². The molecule has 2 atom stereocenters. The maximum atomic E-state index is 11.6. The summed E-state index contributed by atoms with van der Waals surface area (Å²) in [6.07, 6.45) is 5.39. The normalized spacial score (nSPS) is 38.0. The molecule has 2 rings (SSSR count). The van der Waals surface area contributed by atoms with E-state index in [2.05, 4.69) is 13.0 Å². The smallest absolute Gasteiger partial charge is 0.159 e. The molecular formula is C11H13NO. The van der Waals surface area contributed by atoms with Crippen molar-refractivity contribution in [2.75, 3.05) is 0 Å². The number of nitrogens with zero attached hydrogens (tertiary/aromatic N) is 1. The third kappa shape index (κ3) is 1.03. The fourth-order valence-electron chi connectivity index (χ4n) is 2.60. The molecule has 0 radical (unpaired) electrons. The molecule has 2 aliphatic carbocycles. The highest BCUT2D eigenvalue weighted by Crippen LogP contribution is 2.50. The average molecular weight is 175 g/mol. The fraction of sp³-hybridized carbons (Fsp3) is 0.636. The van der Waals surface area contributed by atoms with Crippen LogP contribution in [0.25, 0.3) is 0 Å². The van der Waals surface area contributed by atoms with Crippen LogP contribution in [0.3, 0.4) is 0 Å². The van der Waals surface area contributed by atoms with Crippen molar-refractivity contribution in [1.29, 1.82) is 5.26 Å².